The lowest BCUT2D eigenvalue weighted by atomic mass is 10.1. The molecule has 0 radical (unpaired) electrons. The number of carboxylic acid groups (broad SMARTS) is 2. The summed E-state index contributed by atoms with van der Waals surface area (Å²) in [5.41, 5.74) is -0.0120. The van der Waals surface area contributed by atoms with Crippen LogP contribution in [0.4, 0.5) is 4.39 Å². The highest BCUT2D eigenvalue weighted by Gasteiger charge is 2.40. The van der Waals surface area contributed by atoms with Crippen LogP contribution in [0.5, 0.6) is 0 Å². The standard InChI is InChI=1S/C15H11ClFNO5S2/c16-8-2-1-3-9(17)7(8)6-11-13(21)18(15(24)25-11)10(14(22)23)4-5-12(19)20/h1-3,6,10H,4-5H2,(H,19,20)(H,22,23)/b11-6-/t10-/m1/s1. The van der Waals surface area contributed by atoms with Crippen LogP contribution in [0.25, 0.3) is 6.08 Å². The molecule has 25 heavy (non-hydrogen) atoms. The monoisotopic (exact) mass is 403 g/mol. The molecule has 1 saturated heterocycles. The van der Waals surface area contributed by atoms with E-state index in [1.54, 1.807) is 0 Å². The maximum absolute atomic E-state index is 13.9. The number of carbonyl (C=O) groups excluding carboxylic acids is 1. The molecule has 1 fully saturated rings. The summed E-state index contributed by atoms with van der Waals surface area (Å²) in [6.45, 7) is 0. The molecule has 1 atom stereocenters. The van der Waals surface area contributed by atoms with Crippen molar-refractivity contribution in [2.75, 3.05) is 0 Å². The van der Waals surface area contributed by atoms with E-state index < -0.39 is 36.1 Å². The molecule has 6 nitrogen and oxygen atoms in total. The van der Waals surface area contributed by atoms with Crippen molar-refractivity contribution in [2.45, 2.75) is 18.9 Å². The molecule has 2 rings (SSSR count). The molecular formula is C15H11ClFNO5S2. The number of nitrogens with zero attached hydrogens (tertiary/aromatic N) is 1. The summed E-state index contributed by atoms with van der Waals surface area (Å²) in [5.74, 6) is -3.93. The first kappa shape index (κ1) is 19.4. The average molecular weight is 404 g/mol. The van der Waals surface area contributed by atoms with Crippen LogP contribution in [0.2, 0.25) is 5.02 Å². The summed E-state index contributed by atoms with van der Waals surface area (Å²) in [5, 5.41) is 18.1. The Morgan fingerprint density at radius 2 is 2.08 bits per heavy atom. The zero-order valence-corrected chi connectivity index (χ0v) is 14.8. The number of thiocarbonyl (C=S) groups is 1. The van der Waals surface area contributed by atoms with Crippen LogP contribution in [0.1, 0.15) is 18.4 Å². The number of thioether (sulfide) groups is 1. The van der Waals surface area contributed by atoms with Crippen LogP contribution >= 0.6 is 35.6 Å². The number of benzene rings is 1. The Balaban J connectivity index is 2.34. The second-order valence-electron chi connectivity index (χ2n) is 4.97. The largest absolute Gasteiger partial charge is 0.481 e. The van der Waals surface area contributed by atoms with Crippen molar-refractivity contribution >= 4 is 63.8 Å². The van der Waals surface area contributed by atoms with E-state index in [9.17, 15) is 23.9 Å². The number of halogens is 2. The lowest BCUT2D eigenvalue weighted by molar-refractivity contribution is -0.146. The van der Waals surface area contributed by atoms with Crippen LogP contribution in [-0.4, -0.2) is 43.3 Å². The molecule has 10 heteroatoms. The van der Waals surface area contributed by atoms with Crippen LogP contribution in [-0.2, 0) is 14.4 Å². The molecule has 1 aliphatic heterocycles. The lowest BCUT2D eigenvalue weighted by Gasteiger charge is -2.22. The molecule has 1 aromatic rings. The molecule has 0 aliphatic carbocycles. The Bertz CT molecular complexity index is 778. The van der Waals surface area contributed by atoms with Gasteiger partial charge in [-0.05, 0) is 24.6 Å². The molecule has 1 heterocycles. The second kappa shape index (κ2) is 7.94. The van der Waals surface area contributed by atoms with Gasteiger partial charge in [-0.1, -0.05) is 41.6 Å². The first-order chi connectivity index (χ1) is 11.7. The SMILES string of the molecule is O=C(O)CC[C@H](C(=O)O)N1C(=O)/C(=C/c2c(F)cccc2Cl)SC1=S. The number of carboxylic acids is 2. The van der Waals surface area contributed by atoms with E-state index in [0.717, 1.165) is 16.7 Å². The van der Waals surface area contributed by atoms with Gasteiger partial charge in [-0.3, -0.25) is 14.5 Å². The van der Waals surface area contributed by atoms with E-state index in [-0.39, 0.29) is 26.2 Å². The summed E-state index contributed by atoms with van der Waals surface area (Å²) in [7, 11) is 0. The van der Waals surface area contributed by atoms with Crippen molar-refractivity contribution in [1.29, 1.82) is 0 Å². The topological polar surface area (TPSA) is 94.9 Å². The van der Waals surface area contributed by atoms with Crippen molar-refractivity contribution in [3.05, 3.63) is 39.5 Å². The maximum Gasteiger partial charge on any atom is 0.326 e. The molecule has 0 saturated carbocycles. The van der Waals surface area contributed by atoms with E-state index in [4.69, 9.17) is 28.9 Å². The Labute approximate surface area is 156 Å². The van der Waals surface area contributed by atoms with Crippen molar-refractivity contribution in [2.24, 2.45) is 0 Å². The Morgan fingerprint density at radius 1 is 1.40 bits per heavy atom. The summed E-state index contributed by atoms with van der Waals surface area (Å²) < 4.78 is 13.8. The zero-order valence-electron chi connectivity index (χ0n) is 12.4. The summed E-state index contributed by atoms with van der Waals surface area (Å²) >= 11 is 11.8. The van der Waals surface area contributed by atoms with Crippen molar-refractivity contribution in [1.82, 2.24) is 4.90 Å². The summed E-state index contributed by atoms with van der Waals surface area (Å²) in [4.78, 5) is 35.4. The van der Waals surface area contributed by atoms with Gasteiger partial charge in [-0.2, -0.15) is 0 Å². The first-order valence-corrected chi connectivity index (χ1v) is 8.48. The number of hydrogen-bond donors (Lipinski definition) is 2. The lowest BCUT2D eigenvalue weighted by Crippen LogP contribution is -2.44. The smallest absolute Gasteiger partial charge is 0.326 e. The van der Waals surface area contributed by atoms with Gasteiger partial charge in [0.15, 0.2) is 0 Å². The minimum absolute atomic E-state index is 0.0120. The predicted octanol–water partition coefficient (Wildman–Crippen LogP) is 3.00. The number of carbonyl (C=O) groups is 3. The van der Waals surface area contributed by atoms with Gasteiger partial charge in [0.05, 0.1) is 9.93 Å². The molecule has 1 aromatic carbocycles. The van der Waals surface area contributed by atoms with Gasteiger partial charge < -0.3 is 10.2 Å². The normalized spacial score (nSPS) is 17.2. The number of rotatable bonds is 6. The molecule has 0 spiro atoms. The quantitative estimate of drug-likeness (QED) is 0.556. The van der Waals surface area contributed by atoms with Gasteiger partial charge in [-0.15, -0.1) is 0 Å². The van der Waals surface area contributed by atoms with Crippen LogP contribution in [0.3, 0.4) is 0 Å². The average Bonchev–Trinajstić information content (AvgIpc) is 2.78. The van der Waals surface area contributed by atoms with E-state index in [1.807, 2.05) is 0 Å². The number of hydrogen-bond acceptors (Lipinski definition) is 5. The van der Waals surface area contributed by atoms with E-state index in [2.05, 4.69) is 0 Å². The third-order valence-electron chi connectivity index (χ3n) is 3.33. The molecule has 2 N–H and O–H groups in total. The fourth-order valence-corrected chi connectivity index (χ4v) is 3.71. The van der Waals surface area contributed by atoms with Gasteiger partial charge in [0, 0.05) is 12.0 Å². The molecule has 0 aromatic heterocycles. The highest BCUT2D eigenvalue weighted by Crippen LogP contribution is 2.36. The van der Waals surface area contributed by atoms with Gasteiger partial charge >= 0.3 is 11.9 Å². The number of amides is 1. The van der Waals surface area contributed by atoms with Crippen molar-refractivity contribution < 1.29 is 29.0 Å². The van der Waals surface area contributed by atoms with Gasteiger partial charge in [-0.25, -0.2) is 9.18 Å². The third-order valence-corrected chi connectivity index (χ3v) is 4.99. The zero-order chi connectivity index (χ0) is 18.7. The van der Waals surface area contributed by atoms with Crippen molar-refractivity contribution in [3.63, 3.8) is 0 Å². The maximum atomic E-state index is 13.9. The third kappa shape index (κ3) is 4.36. The fourth-order valence-electron chi connectivity index (χ4n) is 2.15. The minimum atomic E-state index is -1.41. The minimum Gasteiger partial charge on any atom is -0.481 e. The van der Waals surface area contributed by atoms with Crippen LogP contribution < -0.4 is 0 Å². The van der Waals surface area contributed by atoms with E-state index in [1.165, 1.54) is 24.3 Å². The van der Waals surface area contributed by atoms with Gasteiger partial charge in [0.25, 0.3) is 5.91 Å². The van der Waals surface area contributed by atoms with Crippen LogP contribution in [0.15, 0.2) is 23.1 Å². The van der Waals surface area contributed by atoms with E-state index >= 15 is 0 Å². The molecular weight excluding hydrogens is 393 g/mol. The molecule has 0 unspecified atom stereocenters. The molecule has 132 valence electrons. The van der Waals surface area contributed by atoms with E-state index in [0.29, 0.717) is 0 Å². The Morgan fingerprint density at radius 3 is 2.64 bits per heavy atom. The highest BCUT2D eigenvalue weighted by molar-refractivity contribution is 8.26. The summed E-state index contributed by atoms with van der Waals surface area (Å²) in [6.07, 6.45) is 0.462. The highest BCUT2D eigenvalue weighted by atomic mass is 35.5. The van der Waals surface area contributed by atoms with Gasteiger partial charge in [0.2, 0.25) is 0 Å². The number of aliphatic carboxylic acids is 2. The fraction of sp³-hybridized carbons (Fsp3) is 0.200. The summed E-state index contributed by atoms with van der Waals surface area (Å²) in [6, 6.07) is 2.62. The molecule has 1 amide bonds. The molecule has 1 aliphatic rings. The molecule has 0 bridgehead atoms. The van der Waals surface area contributed by atoms with Gasteiger partial charge in [0.1, 0.15) is 16.2 Å². The Hall–Kier alpha value is -1.97. The van der Waals surface area contributed by atoms with Crippen molar-refractivity contribution in [3.8, 4) is 0 Å². The predicted molar refractivity (Wildman–Crippen MR) is 94.7 cm³/mol. The van der Waals surface area contributed by atoms with Crippen LogP contribution in [0, 0.1) is 5.82 Å². The Kier molecular flexibility index (Phi) is 6.15. The second-order valence-corrected chi connectivity index (χ2v) is 7.06. The first-order valence-electron chi connectivity index (χ1n) is 6.88.